The fourth-order valence-electron chi connectivity index (χ4n) is 1.83. The number of anilines is 1. The minimum absolute atomic E-state index is 0.396. The molecule has 2 rings (SSSR count). The topological polar surface area (TPSA) is 68.3 Å². The second-order valence-corrected chi connectivity index (χ2v) is 4.48. The van der Waals surface area contributed by atoms with E-state index in [1.54, 1.807) is 12.1 Å². The Bertz CT molecular complexity index is 643. The van der Waals surface area contributed by atoms with E-state index in [-0.39, 0.29) is 0 Å². The molecule has 4 heteroatoms. The van der Waals surface area contributed by atoms with Gasteiger partial charge in [-0.25, -0.2) is 0 Å². The van der Waals surface area contributed by atoms with Crippen LogP contribution < -0.4 is 15.2 Å². The fraction of sp³-hybridized carbons (Fsp3) is 0.188. The van der Waals surface area contributed by atoms with Gasteiger partial charge in [0.1, 0.15) is 6.61 Å². The second kappa shape index (κ2) is 5.98. The van der Waals surface area contributed by atoms with Crippen LogP contribution in [0.3, 0.4) is 0 Å². The molecule has 0 heterocycles. The Morgan fingerprint density at radius 1 is 1.20 bits per heavy atom. The zero-order valence-electron chi connectivity index (χ0n) is 11.5. The first-order chi connectivity index (χ1) is 9.63. The van der Waals surface area contributed by atoms with Crippen LogP contribution >= 0.6 is 0 Å². The zero-order valence-corrected chi connectivity index (χ0v) is 11.5. The first-order valence-electron chi connectivity index (χ1n) is 6.20. The van der Waals surface area contributed by atoms with Gasteiger partial charge in [0, 0.05) is 6.07 Å². The van der Waals surface area contributed by atoms with Crippen LogP contribution in [-0.4, -0.2) is 7.11 Å². The molecule has 2 N–H and O–H groups in total. The van der Waals surface area contributed by atoms with E-state index in [1.165, 1.54) is 12.7 Å². The van der Waals surface area contributed by atoms with Crippen molar-refractivity contribution in [1.29, 1.82) is 5.26 Å². The highest BCUT2D eigenvalue weighted by molar-refractivity contribution is 5.64. The van der Waals surface area contributed by atoms with E-state index in [0.717, 1.165) is 5.56 Å². The molecule has 2 aromatic rings. The molecule has 0 aromatic heterocycles. The van der Waals surface area contributed by atoms with Crippen LogP contribution in [0.15, 0.2) is 36.4 Å². The number of aryl methyl sites for hydroxylation is 1. The molecule has 4 nitrogen and oxygen atoms in total. The quantitative estimate of drug-likeness (QED) is 0.865. The summed E-state index contributed by atoms with van der Waals surface area (Å²) in [5, 5.41) is 8.90. The van der Waals surface area contributed by atoms with Crippen molar-refractivity contribution in [2.75, 3.05) is 12.8 Å². The van der Waals surface area contributed by atoms with Gasteiger partial charge in [0.15, 0.2) is 11.5 Å². The summed E-state index contributed by atoms with van der Waals surface area (Å²) < 4.78 is 10.9. The lowest BCUT2D eigenvalue weighted by molar-refractivity contribution is 0.286. The van der Waals surface area contributed by atoms with E-state index < -0.39 is 0 Å². The van der Waals surface area contributed by atoms with Gasteiger partial charge in [-0.15, -0.1) is 0 Å². The van der Waals surface area contributed by atoms with Crippen molar-refractivity contribution >= 4 is 5.69 Å². The summed E-state index contributed by atoms with van der Waals surface area (Å²) in [5.74, 6) is 0.931. The van der Waals surface area contributed by atoms with Crippen molar-refractivity contribution in [3.05, 3.63) is 53.1 Å². The van der Waals surface area contributed by atoms with Gasteiger partial charge in [-0.3, -0.25) is 0 Å². The van der Waals surface area contributed by atoms with E-state index in [9.17, 15) is 0 Å². The van der Waals surface area contributed by atoms with Gasteiger partial charge >= 0.3 is 0 Å². The lowest BCUT2D eigenvalue weighted by Crippen LogP contribution is -2.02. The van der Waals surface area contributed by atoms with Gasteiger partial charge in [0.25, 0.3) is 0 Å². The third-order valence-corrected chi connectivity index (χ3v) is 2.94. The predicted octanol–water partition coefficient (Wildman–Crippen LogP) is 3.04. The Hall–Kier alpha value is -2.67. The molecule has 20 heavy (non-hydrogen) atoms. The Balaban J connectivity index is 2.21. The minimum Gasteiger partial charge on any atom is -0.493 e. The van der Waals surface area contributed by atoms with E-state index in [0.29, 0.717) is 29.4 Å². The number of hydrogen-bond acceptors (Lipinski definition) is 4. The van der Waals surface area contributed by atoms with Crippen molar-refractivity contribution in [2.45, 2.75) is 13.5 Å². The molecule has 2 aromatic carbocycles. The molecule has 0 amide bonds. The molecule has 0 spiro atoms. The van der Waals surface area contributed by atoms with Crippen molar-refractivity contribution in [1.82, 2.24) is 0 Å². The van der Waals surface area contributed by atoms with Gasteiger partial charge in [-0.1, -0.05) is 29.8 Å². The summed E-state index contributed by atoms with van der Waals surface area (Å²) in [6.07, 6.45) is 0. The summed E-state index contributed by atoms with van der Waals surface area (Å²) in [7, 11) is 1.52. The van der Waals surface area contributed by atoms with Gasteiger partial charge in [0.2, 0.25) is 0 Å². The van der Waals surface area contributed by atoms with Crippen LogP contribution in [0.1, 0.15) is 16.7 Å². The van der Waals surface area contributed by atoms with Crippen LogP contribution in [0, 0.1) is 18.3 Å². The van der Waals surface area contributed by atoms with Crippen LogP contribution in [0.4, 0.5) is 5.69 Å². The first-order valence-corrected chi connectivity index (χ1v) is 6.20. The third-order valence-electron chi connectivity index (χ3n) is 2.94. The van der Waals surface area contributed by atoms with Gasteiger partial charge in [-0.05, 0) is 18.6 Å². The van der Waals surface area contributed by atoms with Crippen LogP contribution in [0.25, 0.3) is 0 Å². The first kappa shape index (κ1) is 13.8. The predicted molar refractivity (Wildman–Crippen MR) is 77.6 cm³/mol. The molecule has 0 unspecified atom stereocenters. The van der Waals surface area contributed by atoms with Gasteiger partial charge < -0.3 is 15.2 Å². The molecule has 102 valence electrons. The number of ether oxygens (including phenoxy) is 2. The summed E-state index contributed by atoms with van der Waals surface area (Å²) in [6, 6.07) is 13.3. The molecule has 0 aliphatic rings. The Morgan fingerprint density at radius 2 is 1.90 bits per heavy atom. The second-order valence-electron chi connectivity index (χ2n) is 4.48. The molecule has 0 aliphatic carbocycles. The molecule has 0 saturated carbocycles. The number of nitrogen functional groups attached to an aromatic ring is 1. The Kier molecular flexibility index (Phi) is 4.11. The smallest absolute Gasteiger partial charge is 0.184 e. The maximum absolute atomic E-state index is 8.90. The van der Waals surface area contributed by atoms with E-state index in [4.69, 9.17) is 20.5 Å². The highest BCUT2D eigenvalue weighted by Crippen LogP contribution is 2.35. The van der Waals surface area contributed by atoms with Crippen LogP contribution in [-0.2, 0) is 6.61 Å². The van der Waals surface area contributed by atoms with Crippen molar-refractivity contribution in [2.24, 2.45) is 0 Å². The van der Waals surface area contributed by atoms with Crippen LogP contribution in [0.5, 0.6) is 11.5 Å². The largest absolute Gasteiger partial charge is 0.493 e. The monoisotopic (exact) mass is 268 g/mol. The average Bonchev–Trinajstić information content (AvgIpc) is 2.47. The van der Waals surface area contributed by atoms with Crippen LogP contribution in [0.2, 0.25) is 0 Å². The summed E-state index contributed by atoms with van der Waals surface area (Å²) >= 11 is 0. The minimum atomic E-state index is 0.396. The van der Waals surface area contributed by atoms with E-state index >= 15 is 0 Å². The van der Waals surface area contributed by atoms with Crippen molar-refractivity contribution < 1.29 is 9.47 Å². The molecule has 0 radical (unpaired) electrons. The normalized spacial score (nSPS) is 9.85. The number of nitrogens with two attached hydrogens (primary N) is 1. The molecule has 0 aliphatic heterocycles. The van der Waals surface area contributed by atoms with Gasteiger partial charge in [-0.2, -0.15) is 5.26 Å². The molecule has 0 fully saturated rings. The Labute approximate surface area is 118 Å². The summed E-state index contributed by atoms with van der Waals surface area (Å²) in [6.45, 7) is 2.43. The number of nitrogens with zero attached hydrogens (tertiary/aromatic N) is 1. The molecule has 0 saturated heterocycles. The summed E-state index contributed by atoms with van der Waals surface area (Å²) in [4.78, 5) is 0. The SMILES string of the molecule is COc1cc(C#N)cc(N)c1OCc1ccc(C)cc1. The molecular formula is C16H16N2O2. The van der Waals surface area contributed by atoms with E-state index in [2.05, 4.69) is 0 Å². The van der Waals surface area contributed by atoms with E-state index in [1.807, 2.05) is 37.3 Å². The highest BCUT2D eigenvalue weighted by Gasteiger charge is 2.11. The Morgan fingerprint density at radius 3 is 2.50 bits per heavy atom. The maximum Gasteiger partial charge on any atom is 0.184 e. The van der Waals surface area contributed by atoms with Crippen molar-refractivity contribution in [3.63, 3.8) is 0 Å². The lowest BCUT2D eigenvalue weighted by atomic mass is 10.1. The number of methoxy groups -OCH3 is 1. The number of nitriles is 1. The molecular weight excluding hydrogens is 252 g/mol. The third kappa shape index (κ3) is 3.01. The highest BCUT2D eigenvalue weighted by atomic mass is 16.5. The maximum atomic E-state index is 8.90. The average molecular weight is 268 g/mol. The molecule has 0 bridgehead atoms. The van der Waals surface area contributed by atoms with Gasteiger partial charge in [0.05, 0.1) is 24.4 Å². The number of hydrogen-bond donors (Lipinski definition) is 1. The summed E-state index contributed by atoms with van der Waals surface area (Å²) in [5.41, 5.74) is 8.99. The number of benzene rings is 2. The lowest BCUT2D eigenvalue weighted by Gasteiger charge is -2.13. The zero-order chi connectivity index (χ0) is 14.5. The number of rotatable bonds is 4. The van der Waals surface area contributed by atoms with Crippen molar-refractivity contribution in [3.8, 4) is 17.6 Å². The molecule has 0 atom stereocenters. The fourth-order valence-corrected chi connectivity index (χ4v) is 1.83. The standard InChI is InChI=1S/C16H16N2O2/c1-11-3-5-12(6-4-11)10-20-16-14(18)7-13(9-17)8-15(16)19-2/h3-8H,10,18H2,1-2H3.